The summed E-state index contributed by atoms with van der Waals surface area (Å²) in [5.41, 5.74) is 0.750. The van der Waals surface area contributed by atoms with Crippen LogP contribution in [-0.4, -0.2) is 24.6 Å². The molecule has 0 amide bonds. The minimum atomic E-state index is -3.37. The molecule has 0 saturated heterocycles. The standard InChI is InChI=1S/C16H14F4Se/c17-15(18,11-13-7-3-1-4-8-13)21-16(19,20)12-14-9-5-2-6-10-14/h1-10H,11-12H2. The fraction of sp³-hybridized carbons (Fsp3) is 0.250. The first kappa shape index (κ1) is 16.1. The number of benzene rings is 2. The summed E-state index contributed by atoms with van der Waals surface area (Å²) in [5.74, 6) is 0. The van der Waals surface area contributed by atoms with Crippen molar-refractivity contribution in [3.8, 4) is 0 Å². The summed E-state index contributed by atoms with van der Waals surface area (Å²) in [5, 5.41) is 0. The summed E-state index contributed by atoms with van der Waals surface area (Å²) >= 11 is -2.09. The first-order valence-corrected chi connectivity index (χ1v) is 8.11. The maximum atomic E-state index is 13.9. The van der Waals surface area contributed by atoms with Crippen LogP contribution in [0, 0.1) is 0 Å². The van der Waals surface area contributed by atoms with Crippen molar-refractivity contribution >= 4 is 15.0 Å². The van der Waals surface area contributed by atoms with Gasteiger partial charge < -0.3 is 0 Å². The van der Waals surface area contributed by atoms with E-state index in [9.17, 15) is 17.6 Å². The van der Waals surface area contributed by atoms with Crippen molar-refractivity contribution in [1.82, 2.24) is 0 Å². The number of rotatable bonds is 6. The minimum absolute atomic E-state index is 0.375. The Morgan fingerprint density at radius 3 is 1.29 bits per heavy atom. The van der Waals surface area contributed by atoms with E-state index in [0.29, 0.717) is 11.1 Å². The van der Waals surface area contributed by atoms with E-state index < -0.39 is 37.4 Å². The summed E-state index contributed by atoms with van der Waals surface area (Å²) in [6.45, 7) is 0. The molecule has 0 saturated carbocycles. The Morgan fingerprint density at radius 2 is 0.952 bits per heavy atom. The molecule has 0 heterocycles. The van der Waals surface area contributed by atoms with E-state index in [4.69, 9.17) is 0 Å². The fourth-order valence-corrected chi connectivity index (χ4v) is 3.88. The molecule has 0 nitrogen and oxygen atoms in total. The van der Waals surface area contributed by atoms with Gasteiger partial charge in [-0.25, -0.2) is 0 Å². The Morgan fingerprint density at radius 1 is 0.619 bits per heavy atom. The summed E-state index contributed by atoms with van der Waals surface area (Å²) in [4.78, 5) is -6.74. The SMILES string of the molecule is FC(F)(Cc1ccccc1)[Se]C(F)(F)Cc1ccccc1. The Labute approximate surface area is 127 Å². The van der Waals surface area contributed by atoms with E-state index in [0.717, 1.165) is 0 Å². The molecule has 112 valence electrons. The third-order valence-electron chi connectivity index (χ3n) is 2.80. The molecule has 0 spiro atoms. The molecule has 2 aromatic carbocycles. The molecular formula is C16H14F4Se. The Bertz CT molecular complexity index is 504. The molecular weight excluding hydrogens is 347 g/mol. The summed E-state index contributed by atoms with van der Waals surface area (Å²) in [7, 11) is 0. The maximum absolute atomic E-state index is 13.9. The fourth-order valence-electron chi connectivity index (χ4n) is 1.96. The normalized spacial score (nSPS) is 12.4. The monoisotopic (exact) mass is 362 g/mol. The van der Waals surface area contributed by atoms with Crippen molar-refractivity contribution < 1.29 is 17.6 Å². The van der Waals surface area contributed by atoms with Crippen LogP contribution in [0.3, 0.4) is 0 Å². The average Bonchev–Trinajstić information content (AvgIpc) is 2.38. The van der Waals surface area contributed by atoms with Gasteiger partial charge in [0.2, 0.25) is 0 Å². The van der Waals surface area contributed by atoms with Gasteiger partial charge in [-0.15, -0.1) is 0 Å². The van der Waals surface area contributed by atoms with E-state index in [-0.39, 0.29) is 0 Å². The van der Waals surface area contributed by atoms with Crippen molar-refractivity contribution in [2.45, 2.75) is 22.5 Å². The molecule has 5 heteroatoms. The average molecular weight is 361 g/mol. The predicted molar refractivity (Wildman–Crippen MR) is 75.9 cm³/mol. The first-order valence-electron chi connectivity index (χ1n) is 6.40. The second-order valence-corrected chi connectivity index (χ2v) is 7.64. The second kappa shape index (κ2) is 6.63. The molecule has 0 N–H and O–H groups in total. The van der Waals surface area contributed by atoms with Gasteiger partial charge in [-0.1, -0.05) is 0 Å². The van der Waals surface area contributed by atoms with Crippen LogP contribution in [0.2, 0.25) is 0 Å². The first-order chi connectivity index (χ1) is 9.86. The quantitative estimate of drug-likeness (QED) is 0.530. The topological polar surface area (TPSA) is 0 Å². The Hall–Kier alpha value is -1.32. The summed E-state index contributed by atoms with van der Waals surface area (Å²) in [6.07, 6.45) is -1.28. The van der Waals surface area contributed by atoms with E-state index >= 15 is 0 Å². The van der Waals surface area contributed by atoms with Crippen molar-refractivity contribution in [1.29, 1.82) is 0 Å². The van der Waals surface area contributed by atoms with Crippen molar-refractivity contribution in [2.75, 3.05) is 0 Å². The van der Waals surface area contributed by atoms with Crippen LogP contribution < -0.4 is 0 Å². The van der Waals surface area contributed by atoms with Crippen LogP contribution in [0.25, 0.3) is 0 Å². The summed E-state index contributed by atoms with van der Waals surface area (Å²) in [6, 6.07) is 16.0. The van der Waals surface area contributed by atoms with E-state index in [2.05, 4.69) is 0 Å². The Balaban J connectivity index is 2.01. The van der Waals surface area contributed by atoms with Crippen LogP contribution >= 0.6 is 0 Å². The van der Waals surface area contributed by atoms with Gasteiger partial charge >= 0.3 is 127 Å². The van der Waals surface area contributed by atoms with Crippen LogP contribution in [0.15, 0.2) is 60.7 Å². The summed E-state index contributed by atoms with van der Waals surface area (Å²) < 4.78 is 55.4. The van der Waals surface area contributed by atoms with Gasteiger partial charge in [-0.05, 0) is 0 Å². The van der Waals surface area contributed by atoms with Gasteiger partial charge in [0.1, 0.15) is 0 Å². The number of hydrogen-bond donors (Lipinski definition) is 0. The third kappa shape index (κ3) is 5.52. The zero-order valence-corrected chi connectivity index (χ0v) is 12.8. The second-order valence-electron chi connectivity index (χ2n) is 4.70. The molecule has 0 atom stereocenters. The number of alkyl halides is 4. The molecule has 0 aromatic heterocycles. The number of halogens is 4. The van der Waals surface area contributed by atoms with Gasteiger partial charge in [-0.2, -0.15) is 0 Å². The third-order valence-corrected chi connectivity index (χ3v) is 4.66. The van der Waals surface area contributed by atoms with Crippen LogP contribution in [0.5, 0.6) is 0 Å². The van der Waals surface area contributed by atoms with Gasteiger partial charge in [0, 0.05) is 0 Å². The van der Waals surface area contributed by atoms with Crippen LogP contribution in [-0.2, 0) is 12.8 Å². The van der Waals surface area contributed by atoms with Gasteiger partial charge in [-0.3, -0.25) is 0 Å². The van der Waals surface area contributed by atoms with Crippen molar-refractivity contribution in [3.05, 3.63) is 71.8 Å². The predicted octanol–water partition coefficient (Wildman–Crippen LogP) is 4.36. The van der Waals surface area contributed by atoms with Gasteiger partial charge in [0.05, 0.1) is 0 Å². The van der Waals surface area contributed by atoms with E-state index in [1.165, 1.54) is 24.3 Å². The molecule has 2 aromatic rings. The van der Waals surface area contributed by atoms with Crippen LogP contribution in [0.4, 0.5) is 17.6 Å². The molecule has 2 rings (SSSR count). The molecule has 0 fully saturated rings. The molecule has 0 bridgehead atoms. The van der Waals surface area contributed by atoms with E-state index in [1.807, 2.05) is 0 Å². The van der Waals surface area contributed by atoms with Crippen molar-refractivity contribution in [2.24, 2.45) is 0 Å². The molecule has 0 aliphatic rings. The van der Waals surface area contributed by atoms with Crippen molar-refractivity contribution in [3.63, 3.8) is 0 Å². The molecule has 0 aliphatic carbocycles. The molecule has 0 unspecified atom stereocenters. The molecule has 21 heavy (non-hydrogen) atoms. The Kier molecular flexibility index (Phi) is 5.07. The number of hydrogen-bond acceptors (Lipinski definition) is 0. The van der Waals surface area contributed by atoms with Gasteiger partial charge in [0.15, 0.2) is 0 Å². The van der Waals surface area contributed by atoms with Crippen LogP contribution in [0.1, 0.15) is 11.1 Å². The molecule has 0 aliphatic heterocycles. The van der Waals surface area contributed by atoms with Gasteiger partial charge in [0.25, 0.3) is 0 Å². The zero-order chi connectivity index (χ0) is 15.3. The van der Waals surface area contributed by atoms with E-state index in [1.54, 1.807) is 36.4 Å². The molecule has 0 radical (unpaired) electrons. The zero-order valence-electron chi connectivity index (χ0n) is 11.1.